The van der Waals surface area contributed by atoms with Gasteiger partial charge >= 0.3 is 0 Å². The molecule has 0 bridgehead atoms. The smallest absolute Gasteiger partial charge is 0.245 e. The fourth-order valence-electron chi connectivity index (χ4n) is 1.70. The van der Waals surface area contributed by atoms with E-state index in [1.807, 2.05) is 6.92 Å². The standard InChI is InChI=1S/C12H15BrN2O4/c1-8-10(13)5-9(19-8)7-14-15-11(16)6-12(2)17-3-4-18-12/h5,7H,3-4,6H2,1-2H3,(H,15,16). The van der Waals surface area contributed by atoms with E-state index in [0.29, 0.717) is 19.0 Å². The molecule has 2 rings (SSSR count). The number of amides is 1. The largest absolute Gasteiger partial charge is 0.459 e. The summed E-state index contributed by atoms with van der Waals surface area (Å²) in [7, 11) is 0. The van der Waals surface area contributed by atoms with Gasteiger partial charge in [0.15, 0.2) is 5.79 Å². The molecule has 1 aromatic rings. The molecule has 2 heterocycles. The predicted octanol–water partition coefficient (Wildman–Crippen LogP) is 1.95. The predicted molar refractivity (Wildman–Crippen MR) is 71.8 cm³/mol. The Kier molecular flexibility index (Phi) is 4.38. The van der Waals surface area contributed by atoms with E-state index < -0.39 is 5.79 Å². The zero-order valence-corrected chi connectivity index (χ0v) is 12.3. The summed E-state index contributed by atoms with van der Waals surface area (Å²) in [5.41, 5.74) is 2.41. The molecule has 0 unspecified atom stereocenters. The molecule has 0 aromatic carbocycles. The van der Waals surface area contributed by atoms with Crippen molar-refractivity contribution in [1.29, 1.82) is 0 Å². The zero-order chi connectivity index (χ0) is 13.9. The Morgan fingerprint density at radius 3 is 2.84 bits per heavy atom. The average molecular weight is 331 g/mol. The van der Waals surface area contributed by atoms with Crippen LogP contribution in [0.25, 0.3) is 0 Å². The van der Waals surface area contributed by atoms with Crippen molar-refractivity contribution in [1.82, 2.24) is 5.43 Å². The Labute approximate surface area is 119 Å². The van der Waals surface area contributed by atoms with Crippen LogP contribution in [-0.2, 0) is 14.3 Å². The summed E-state index contributed by atoms with van der Waals surface area (Å²) in [4.78, 5) is 11.6. The van der Waals surface area contributed by atoms with E-state index in [4.69, 9.17) is 13.9 Å². The van der Waals surface area contributed by atoms with Crippen molar-refractivity contribution in [2.75, 3.05) is 13.2 Å². The molecule has 1 aliphatic rings. The number of hydrazone groups is 1. The van der Waals surface area contributed by atoms with Crippen LogP contribution in [0.15, 0.2) is 20.1 Å². The monoisotopic (exact) mass is 330 g/mol. The first-order valence-corrected chi connectivity index (χ1v) is 6.63. The lowest BCUT2D eigenvalue weighted by atomic mass is 10.2. The normalized spacial score (nSPS) is 18.1. The molecule has 0 saturated carbocycles. The first-order valence-electron chi connectivity index (χ1n) is 5.84. The first-order chi connectivity index (χ1) is 8.98. The van der Waals surface area contributed by atoms with Crippen LogP contribution >= 0.6 is 15.9 Å². The van der Waals surface area contributed by atoms with Gasteiger partial charge < -0.3 is 13.9 Å². The minimum Gasteiger partial charge on any atom is -0.459 e. The van der Waals surface area contributed by atoms with Crippen molar-refractivity contribution in [2.45, 2.75) is 26.1 Å². The molecule has 1 amide bonds. The Morgan fingerprint density at radius 2 is 2.26 bits per heavy atom. The van der Waals surface area contributed by atoms with Gasteiger partial charge in [0.2, 0.25) is 5.91 Å². The van der Waals surface area contributed by atoms with E-state index in [9.17, 15) is 4.79 Å². The lowest BCUT2D eigenvalue weighted by Crippen LogP contribution is -2.33. The number of rotatable bonds is 4. The highest BCUT2D eigenvalue weighted by Gasteiger charge is 2.33. The van der Waals surface area contributed by atoms with E-state index in [2.05, 4.69) is 26.5 Å². The maximum Gasteiger partial charge on any atom is 0.245 e. The molecule has 1 saturated heterocycles. The number of hydrogen-bond acceptors (Lipinski definition) is 5. The molecule has 0 atom stereocenters. The Morgan fingerprint density at radius 1 is 1.58 bits per heavy atom. The molecule has 7 heteroatoms. The van der Waals surface area contributed by atoms with Crippen LogP contribution in [0.3, 0.4) is 0 Å². The van der Waals surface area contributed by atoms with Crippen molar-refractivity contribution < 1.29 is 18.7 Å². The van der Waals surface area contributed by atoms with Crippen LogP contribution in [0, 0.1) is 6.92 Å². The number of nitrogens with zero attached hydrogens (tertiary/aromatic N) is 1. The maximum atomic E-state index is 11.6. The lowest BCUT2D eigenvalue weighted by Gasteiger charge is -2.20. The minimum absolute atomic E-state index is 0.102. The molecule has 6 nitrogen and oxygen atoms in total. The van der Waals surface area contributed by atoms with Crippen molar-refractivity contribution in [2.24, 2.45) is 5.10 Å². The highest BCUT2D eigenvalue weighted by Crippen LogP contribution is 2.22. The Hall–Kier alpha value is -1.18. The van der Waals surface area contributed by atoms with Crippen molar-refractivity contribution in [3.63, 3.8) is 0 Å². The fraction of sp³-hybridized carbons (Fsp3) is 0.500. The van der Waals surface area contributed by atoms with Crippen LogP contribution in [-0.4, -0.2) is 31.1 Å². The van der Waals surface area contributed by atoms with Gasteiger partial charge in [0.05, 0.1) is 30.3 Å². The van der Waals surface area contributed by atoms with Crippen LogP contribution in [0.5, 0.6) is 0 Å². The maximum absolute atomic E-state index is 11.6. The van der Waals surface area contributed by atoms with Gasteiger partial charge in [-0.2, -0.15) is 5.10 Å². The second-order valence-corrected chi connectivity index (χ2v) is 5.21. The summed E-state index contributed by atoms with van der Waals surface area (Å²) in [5.74, 6) is 0.199. The number of carbonyl (C=O) groups is 1. The molecule has 1 aromatic heterocycles. The Bertz CT molecular complexity index is 472. The van der Waals surface area contributed by atoms with Gasteiger partial charge in [-0.05, 0) is 29.8 Å². The number of carbonyl (C=O) groups excluding carboxylic acids is 1. The van der Waals surface area contributed by atoms with E-state index >= 15 is 0 Å². The molecule has 1 fully saturated rings. The molecule has 1 N–H and O–H groups in total. The number of hydrogen-bond donors (Lipinski definition) is 1. The third kappa shape index (κ3) is 3.89. The number of ether oxygens (including phenoxy) is 2. The molecule has 1 aliphatic heterocycles. The summed E-state index contributed by atoms with van der Waals surface area (Å²) in [6.45, 7) is 4.57. The van der Waals surface area contributed by atoms with Crippen LogP contribution in [0.1, 0.15) is 24.9 Å². The molecular formula is C12H15BrN2O4. The van der Waals surface area contributed by atoms with Gasteiger partial charge in [0.1, 0.15) is 11.5 Å². The van der Waals surface area contributed by atoms with E-state index in [1.165, 1.54) is 6.21 Å². The van der Waals surface area contributed by atoms with Gasteiger partial charge in [0.25, 0.3) is 0 Å². The molecule has 19 heavy (non-hydrogen) atoms. The summed E-state index contributed by atoms with van der Waals surface area (Å²) in [6, 6.07) is 1.77. The Balaban J connectivity index is 1.83. The van der Waals surface area contributed by atoms with Crippen LogP contribution in [0.2, 0.25) is 0 Å². The zero-order valence-electron chi connectivity index (χ0n) is 10.7. The minimum atomic E-state index is -0.843. The quantitative estimate of drug-likeness (QED) is 0.676. The molecule has 104 valence electrons. The lowest BCUT2D eigenvalue weighted by molar-refractivity contribution is -0.159. The summed E-state index contributed by atoms with van der Waals surface area (Å²) in [5, 5.41) is 3.82. The van der Waals surface area contributed by atoms with Gasteiger partial charge in [-0.1, -0.05) is 0 Å². The van der Waals surface area contributed by atoms with Crippen molar-refractivity contribution in [3.05, 3.63) is 22.1 Å². The van der Waals surface area contributed by atoms with E-state index in [-0.39, 0.29) is 12.3 Å². The second kappa shape index (κ2) is 5.85. The van der Waals surface area contributed by atoms with Gasteiger partial charge in [-0.25, -0.2) is 5.43 Å². The van der Waals surface area contributed by atoms with Crippen molar-refractivity contribution >= 4 is 28.1 Å². The third-order valence-corrected chi connectivity index (χ3v) is 3.42. The van der Waals surface area contributed by atoms with E-state index in [1.54, 1.807) is 13.0 Å². The van der Waals surface area contributed by atoms with Gasteiger partial charge in [0, 0.05) is 6.07 Å². The van der Waals surface area contributed by atoms with Crippen LogP contribution in [0.4, 0.5) is 0 Å². The summed E-state index contributed by atoms with van der Waals surface area (Å²) < 4.78 is 16.9. The van der Waals surface area contributed by atoms with Crippen molar-refractivity contribution in [3.8, 4) is 0 Å². The number of nitrogens with one attached hydrogen (secondary N) is 1. The summed E-state index contributed by atoms with van der Waals surface area (Å²) in [6.07, 6.45) is 1.54. The molecular weight excluding hydrogens is 316 g/mol. The third-order valence-electron chi connectivity index (χ3n) is 2.64. The summed E-state index contributed by atoms with van der Waals surface area (Å²) >= 11 is 3.33. The first kappa shape index (κ1) is 14.2. The molecule has 0 radical (unpaired) electrons. The van der Waals surface area contributed by atoms with E-state index in [0.717, 1.165) is 10.2 Å². The average Bonchev–Trinajstić information content (AvgIpc) is 2.87. The fourth-order valence-corrected chi connectivity index (χ4v) is 2.01. The highest BCUT2D eigenvalue weighted by molar-refractivity contribution is 9.10. The highest BCUT2D eigenvalue weighted by atomic mass is 79.9. The van der Waals surface area contributed by atoms with Crippen LogP contribution < -0.4 is 5.43 Å². The number of furan rings is 1. The van der Waals surface area contributed by atoms with Gasteiger partial charge in [-0.15, -0.1) is 0 Å². The topological polar surface area (TPSA) is 73.1 Å². The SMILES string of the molecule is Cc1oc(C=NNC(=O)CC2(C)OCCO2)cc1Br. The van der Waals surface area contributed by atoms with Gasteiger partial charge in [-0.3, -0.25) is 4.79 Å². The molecule has 0 aliphatic carbocycles. The number of aryl methyl sites for hydroxylation is 1. The number of halogens is 1. The second-order valence-electron chi connectivity index (χ2n) is 4.35. The molecule has 0 spiro atoms.